The zero-order valence-corrected chi connectivity index (χ0v) is 17.6. The van der Waals surface area contributed by atoms with Crippen LogP contribution in [0.5, 0.6) is 0 Å². The highest BCUT2D eigenvalue weighted by molar-refractivity contribution is 6.30. The summed E-state index contributed by atoms with van der Waals surface area (Å²) in [7, 11) is 0. The Hall–Kier alpha value is -2.77. The molecule has 3 heterocycles. The molecule has 3 aromatic rings. The van der Waals surface area contributed by atoms with Gasteiger partial charge in [-0.1, -0.05) is 17.7 Å². The summed E-state index contributed by atoms with van der Waals surface area (Å²) in [6.07, 6.45) is 4.49. The van der Waals surface area contributed by atoms with Crippen molar-refractivity contribution in [2.75, 3.05) is 26.2 Å². The van der Waals surface area contributed by atoms with Crippen LogP contribution in [0.25, 0.3) is 11.5 Å². The van der Waals surface area contributed by atoms with Gasteiger partial charge in [-0.15, -0.1) is 10.2 Å². The van der Waals surface area contributed by atoms with Crippen molar-refractivity contribution in [3.05, 3.63) is 65.3 Å². The number of carbonyl (C=O) groups is 1. The lowest BCUT2D eigenvalue weighted by molar-refractivity contribution is -0.133. The van der Waals surface area contributed by atoms with E-state index in [9.17, 15) is 4.79 Å². The summed E-state index contributed by atoms with van der Waals surface area (Å²) in [5, 5.41) is 8.79. The lowest BCUT2D eigenvalue weighted by atomic mass is 10.1. The first-order valence-electron chi connectivity index (χ1n) is 10.1. The van der Waals surface area contributed by atoms with Crippen LogP contribution in [0.4, 0.5) is 0 Å². The number of aryl methyl sites for hydroxylation is 1. The molecule has 2 aromatic heterocycles. The van der Waals surface area contributed by atoms with E-state index in [2.05, 4.69) is 33.1 Å². The fraction of sp³-hybridized carbons (Fsp3) is 0.364. The molecule has 0 spiro atoms. The normalized spacial score (nSPS) is 15.9. The first-order chi connectivity index (χ1) is 14.6. The van der Waals surface area contributed by atoms with Crippen LogP contribution >= 0.6 is 11.6 Å². The van der Waals surface area contributed by atoms with Crippen molar-refractivity contribution in [3.8, 4) is 11.5 Å². The topological polar surface area (TPSA) is 75.4 Å². The van der Waals surface area contributed by atoms with Gasteiger partial charge in [0, 0.05) is 68.0 Å². The van der Waals surface area contributed by atoms with Crippen LogP contribution in [0.3, 0.4) is 0 Å². The van der Waals surface area contributed by atoms with E-state index in [0.717, 1.165) is 31.7 Å². The molecule has 7 nitrogen and oxygen atoms in total. The van der Waals surface area contributed by atoms with Crippen molar-refractivity contribution in [2.45, 2.75) is 25.8 Å². The maximum absolute atomic E-state index is 12.6. The highest BCUT2D eigenvalue weighted by atomic mass is 35.5. The number of hydrogen-bond acceptors (Lipinski definition) is 6. The molecule has 0 radical (unpaired) electrons. The highest BCUT2D eigenvalue weighted by Gasteiger charge is 2.25. The highest BCUT2D eigenvalue weighted by Crippen LogP contribution is 2.22. The molecule has 1 atom stereocenters. The number of carbonyl (C=O) groups excluding carboxylic acids is 1. The number of nitrogens with zero attached hydrogens (tertiary/aromatic N) is 5. The molecule has 8 heteroatoms. The van der Waals surface area contributed by atoms with E-state index in [1.165, 1.54) is 5.56 Å². The molecule has 1 aliphatic rings. The largest absolute Gasteiger partial charge is 0.421 e. The van der Waals surface area contributed by atoms with E-state index >= 15 is 0 Å². The Morgan fingerprint density at radius 1 is 1.13 bits per heavy atom. The monoisotopic (exact) mass is 425 g/mol. The van der Waals surface area contributed by atoms with Gasteiger partial charge in [0.25, 0.3) is 0 Å². The number of aromatic nitrogens is 3. The molecule has 1 fully saturated rings. The lowest BCUT2D eigenvalue weighted by Gasteiger charge is -2.38. The third-order valence-corrected chi connectivity index (χ3v) is 5.74. The molecule has 1 amide bonds. The second-order valence-electron chi connectivity index (χ2n) is 7.39. The lowest BCUT2D eigenvalue weighted by Crippen LogP contribution is -2.49. The molecule has 0 N–H and O–H groups in total. The smallest absolute Gasteiger partial charge is 0.247 e. The van der Waals surface area contributed by atoms with Crippen LogP contribution in [0.15, 0.2) is 53.2 Å². The summed E-state index contributed by atoms with van der Waals surface area (Å²) in [5.41, 5.74) is 2.01. The molecule has 0 saturated carbocycles. The maximum Gasteiger partial charge on any atom is 0.247 e. The van der Waals surface area contributed by atoms with E-state index in [1.54, 1.807) is 18.3 Å². The van der Waals surface area contributed by atoms with E-state index < -0.39 is 0 Å². The van der Waals surface area contributed by atoms with Gasteiger partial charge in [0.1, 0.15) is 0 Å². The van der Waals surface area contributed by atoms with Crippen LogP contribution in [0.1, 0.15) is 30.8 Å². The van der Waals surface area contributed by atoms with Crippen LogP contribution < -0.4 is 0 Å². The third kappa shape index (κ3) is 4.86. The standard InChI is InChI=1S/C22H24ClN5O2/c1-16(18-3-2-10-24-15-18)27-11-13-28(14-12-27)21(29)9-8-20-25-26-22(30-20)17-4-6-19(23)7-5-17/h2-7,10,15-16H,8-9,11-14H2,1H3. The predicted octanol–water partition coefficient (Wildman–Crippen LogP) is 3.62. The quantitative estimate of drug-likeness (QED) is 0.600. The van der Waals surface area contributed by atoms with Crippen LogP contribution in [0.2, 0.25) is 5.02 Å². The van der Waals surface area contributed by atoms with Crippen molar-refractivity contribution in [1.82, 2.24) is 25.0 Å². The minimum absolute atomic E-state index is 0.120. The molecular weight excluding hydrogens is 402 g/mol. The van der Waals surface area contributed by atoms with Crippen molar-refractivity contribution < 1.29 is 9.21 Å². The van der Waals surface area contributed by atoms with Crippen LogP contribution in [-0.4, -0.2) is 57.1 Å². The Morgan fingerprint density at radius 3 is 2.60 bits per heavy atom. The second kappa shape index (κ2) is 9.36. The first kappa shape index (κ1) is 20.5. The summed E-state index contributed by atoms with van der Waals surface area (Å²) >= 11 is 5.91. The summed E-state index contributed by atoms with van der Waals surface area (Å²) < 4.78 is 5.69. The zero-order valence-electron chi connectivity index (χ0n) is 16.9. The molecule has 1 saturated heterocycles. The number of benzene rings is 1. The minimum Gasteiger partial charge on any atom is -0.421 e. The Labute approximate surface area is 180 Å². The summed E-state index contributed by atoms with van der Waals surface area (Å²) in [4.78, 5) is 21.1. The number of piperazine rings is 1. The molecule has 1 unspecified atom stereocenters. The van der Waals surface area contributed by atoms with Crippen molar-refractivity contribution in [3.63, 3.8) is 0 Å². The van der Waals surface area contributed by atoms with Gasteiger partial charge >= 0.3 is 0 Å². The Balaban J connectivity index is 1.26. The van der Waals surface area contributed by atoms with Crippen molar-refractivity contribution in [2.24, 2.45) is 0 Å². The van der Waals surface area contributed by atoms with E-state index in [-0.39, 0.29) is 5.91 Å². The average molecular weight is 426 g/mol. The van der Waals surface area contributed by atoms with Gasteiger partial charge in [0.2, 0.25) is 17.7 Å². The van der Waals surface area contributed by atoms with Gasteiger partial charge in [-0.3, -0.25) is 14.7 Å². The minimum atomic E-state index is 0.120. The second-order valence-corrected chi connectivity index (χ2v) is 7.82. The third-order valence-electron chi connectivity index (χ3n) is 5.49. The van der Waals surface area contributed by atoms with E-state index in [4.69, 9.17) is 16.0 Å². The molecule has 30 heavy (non-hydrogen) atoms. The van der Waals surface area contributed by atoms with E-state index in [1.807, 2.05) is 29.3 Å². The van der Waals surface area contributed by atoms with Gasteiger partial charge in [0.05, 0.1) is 0 Å². The summed E-state index contributed by atoms with van der Waals surface area (Å²) in [5.74, 6) is 1.03. The molecule has 1 aliphatic heterocycles. The van der Waals surface area contributed by atoms with Crippen molar-refractivity contribution in [1.29, 1.82) is 0 Å². The summed E-state index contributed by atoms with van der Waals surface area (Å²) in [6, 6.07) is 11.6. The van der Waals surface area contributed by atoms with Gasteiger partial charge in [-0.2, -0.15) is 0 Å². The SMILES string of the molecule is CC(c1cccnc1)N1CCN(C(=O)CCc2nnc(-c3ccc(Cl)cc3)o2)CC1. The van der Waals surface area contributed by atoms with Crippen LogP contribution in [-0.2, 0) is 11.2 Å². The van der Waals surface area contributed by atoms with Gasteiger partial charge < -0.3 is 9.32 Å². The molecule has 0 aliphatic carbocycles. The molecule has 4 rings (SSSR count). The molecular formula is C22H24ClN5O2. The fourth-order valence-electron chi connectivity index (χ4n) is 3.63. The Morgan fingerprint density at radius 2 is 1.90 bits per heavy atom. The number of hydrogen-bond donors (Lipinski definition) is 0. The number of amides is 1. The number of rotatable bonds is 6. The fourth-order valence-corrected chi connectivity index (χ4v) is 3.75. The van der Waals surface area contributed by atoms with Gasteiger partial charge in [-0.25, -0.2) is 0 Å². The average Bonchev–Trinajstić information content (AvgIpc) is 3.27. The van der Waals surface area contributed by atoms with E-state index in [0.29, 0.717) is 35.7 Å². The maximum atomic E-state index is 12.6. The molecule has 0 bridgehead atoms. The first-order valence-corrected chi connectivity index (χ1v) is 10.5. The molecule has 156 valence electrons. The molecule has 1 aromatic carbocycles. The van der Waals surface area contributed by atoms with Gasteiger partial charge in [0.15, 0.2) is 0 Å². The Bertz CT molecular complexity index is 969. The number of halogens is 1. The zero-order chi connectivity index (χ0) is 20.9. The van der Waals surface area contributed by atoms with Crippen LogP contribution in [0, 0.1) is 0 Å². The number of pyridine rings is 1. The summed E-state index contributed by atoms with van der Waals surface area (Å²) in [6.45, 7) is 5.33. The predicted molar refractivity (Wildman–Crippen MR) is 114 cm³/mol. The van der Waals surface area contributed by atoms with Crippen molar-refractivity contribution >= 4 is 17.5 Å². The Kier molecular flexibility index (Phi) is 6.40. The van der Waals surface area contributed by atoms with Gasteiger partial charge in [-0.05, 0) is 42.8 Å².